The van der Waals surface area contributed by atoms with Crippen LogP contribution in [-0.2, 0) is 22.4 Å². The molecule has 130 valence electrons. The molecule has 1 aliphatic rings. The molecule has 2 aromatic rings. The Morgan fingerprint density at radius 3 is 2.52 bits per heavy atom. The number of halogens is 1. The summed E-state index contributed by atoms with van der Waals surface area (Å²) in [5, 5.41) is 3.91. The van der Waals surface area contributed by atoms with Gasteiger partial charge in [0, 0.05) is 5.02 Å². The van der Waals surface area contributed by atoms with Crippen molar-refractivity contribution in [2.24, 2.45) is 0 Å². The molecule has 0 spiro atoms. The van der Waals surface area contributed by atoms with Crippen LogP contribution >= 0.6 is 11.6 Å². The van der Waals surface area contributed by atoms with Gasteiger partial charge in [0.05, 0.1) is 18.2 Å². The van der Waals surface area contributed by atoms with Gasteiger partial charge >= 0.3 is 0 Å². The monoisotopic (exact) mass is 356 g/mol. The standard InChI is InChI=1S/C20H21ClN2O2/c1-2-14-7-9-16(10-8-14)23-19(24)13-18(20(23)25)22-12-11-15-5-3-4-6-17(15)21/h3-10,18,22H,2,11-13H2,1H3/t18-/m1/s1. The quantitative estimate of drug-likeness (QED) is 0.807. The molecule has 1 aliphatic heterocycles. The third-order valence-corrected chi connectivity index (χ3v) is 4.86. The lowest BCUT2D eigenvalue weighted by molar-refractivity contribution is -0.121. The van der Waals surface area contributed by atoms with Gasteiger partial charge in [-0.25, -0.2) is 4.90 Å². The minimum absolute atomic E-state index is 0.163. The highest BCUT2D eigenvalue weighted by molar-refractivity contribution is 6.31. The maximum Gasteiger partial charge on any atom is 0.251 e. The highest BCUT2D eigenvalue weighted by atomic mass is 35.5. The Morgan fingerprint density at radius 1 is 1.12 bits per heavy atom. The van der Waals surface area contributed by atoms with Gasteiger partial charge in [-0.05, 0) is 48.7 Å². The van der Waals surface area contributed by atoms with Gasteiger partial charge in [-0.1, -0.05) is 48.9 Å². The highest BCUT2D eigenvalue weighted by Crippen LogP contribution is 2.23. The molecule has 0 aromatic heterocycles. The average Bonchev–Trinajstić information content (AvgIpc) is 2.90. The number of anilines is 1. The van der Waals surface area contributed by atoms with E-state index in [0.717, 1.165) is 17.0 Å². The van der Waals surface area contributed by atoms with Crippen molar-refractivity contribution in [2.75, 3.05) is 11.4 Å². The second-order valence-electron chi connectivity index (χ2n) is 6.14. The smallest absolute Gasteiger partial charge is 0.251 e. The van der Waals surface area contributed by atoms with E-state index in [4.69, 9.17) is 11.6 Å². The van der Waals surface area contributed by atoms with Crippen LogP contribution in [0.3, 0.4) is 0 Å². The van der Waals surface area contributed by atoms with Gasteiger partial charge in [0.25, 0.3) is 5.91 Å². The number of hydrogen-bond acceptors (Lipinski definition) is 3. The van der Waals surface area contributed by atoms with Gasteiger partial charge < -0.3 is 5.32 Å². The fourth-order valence-electron chi connectivity index (χ4n) is 3.03. The van der Waals surface area contributed by atoms with E-state index in [0.29, 0.717) is 18.7 Å². The Hall–Kier alpha value is -2.17. The molecule has 0 radical (unpaired) electrons. The molecular weight excluding hydrogens is 336 g/mol. The molecule has 5 heteroatoms. The zero-order chi connectivity index (χ0) is 17.8. The SMILES string of the molecule is CCc1ccc(N2C(=O)C[C@@H](NCCc3ccccc3Cl)C2=O)cc1. The third-order valence-electron chi connectivity index (χ3n) is 4.49. The molecule has 4 nitrogen and oxygen atoms in total. The van der Waals surface area contributed by atoms with Crippen molar-refractivity contribution in [3.63, 3.8) is 0 Å². The number of hydrogen-bond donors (Lipinski definition) is 1. The highest BCUT2D eigenvalue weighted by Gasteiger charge is 2.39. The summed E-state index contributed by atoms with van der Waals surface area (Å²) in [6.07, 6.45) is 1.83. The molecule has 2 amide bonds. The topological polar surface area (TPSA) is 49.4 Å². The minimum Gasteiger partial charge on any atom is -0.305 e. The van der Waals surface area contributed by atoms with E-state index in [1.54, 1.807) is 0 Å². The lowest BCUT2D eigenvalue weighted by Gasteiger charge is -2.16. The second kappa shape index (κ2) is 7.81. The van der Waals surface area contributed by atoms with E-state index in [2.05, 4.69) is 12.2 Å². The molecule has 1 N–H and O–H groups in total. The largest absolute Gasteiger partial charge is 0.305 e. The average molecular weight is 357 g/mol. The summed E-state index contributed by atoms with van der Waals surface area (Å²) in [7, 11) is 0. The molecule has 1 fully saturated rings. The number of rotatable bonds is 6. The van der Waals surface area contributed by atoms with Crippen molar-refractivity contribution < 1.29 is 9.59 Å². The molecule has 25 heavy (non-hydrogen) atoms. The molecule has 0 bridgehead atoms. The number of aryl methyl sites for hydroxylation is 1. The molecule has 1 atom stereocenters. The van der Waals surface area contributed by atoms with Gasteiger partial charge in [-0.3, -0.25) is 9.59 Å². The van der Waals surface area contributed by atoms with Gasteiger partial charge in [-0.15, -0.1) is 0 Å². The van der Waals surface area contributed by atoms with E-state index in [-0.39, 0.29) is 18.2 Å². The Labute approximate surface area is 152 Å². The van der Waals surface area contributed by atoms with Crippen LogP contribution in [0, 0.1) is 0 Å². The second-order valence-corrected chi connectivity index (χ2v) is 6.55. The van der Waals surface area contributed by atoms with Crippen LogP contribution < -0.4 is 10.2 Å². The molecule has 3 rings (SSSR count). The Bertz CT molecular complexity index is 774. The first-order valence-electron chi connectivity index (χ1n) is 8.52. The molecule has 0 saturated carbocycles. The molecule has 2 aromatic carbocycles. The van der Waals surface area contributed by atoms with Gasteiger partial charge in [0.1, 0.15) is 0 Å². The van der Waals surface area contributed by atoms with Crippen molar-refractivity contribution >= 4 is 29.1 Å². The number of nitrogens with one attached hydrogen (secondary N) is 1. The molecule has 0 aliphatic carbocycles. The number of nitrogens with zero attached hydrogens (tertiary/aromatic N) is 1. The minimum atomic E-state index is -0.471. The first-order valence-corrected chi connectivity index (χ1v) is 8.90. The normalized spacial score (nSPS) is 17.4. The Morgan fingerprint density at radius 2 is 1.84 bits per heavy atom. The summed E-state index contributed by atoms with van der Waals surface area (Å²) in [6.45, 7) is 2.66. The van der Waals surface area contributed by atoms with Crippen LogP contribution in [0.4, 0.5) is 5.69 Å². The number of carbonyl (C=O) groups is 2. The molecule has 1 heterocycles. The van der Waals surface area contributed by atoms with E-state index >= 15 is 0 Å². The summed E-state index contributed by atoms with van der Waals surface area (Å²) >= 11 is 6.14. The first-order chi connectivity index (χ1) is 12.1. The van der Waals surface area contributed by atoms with Crippen LogP contribution in [0.1, 0.15) is 24.5 Å². The predicted molar refractivity (Wildman–Crippen MR) is 99.9 cm³/mol. The molecule has 0 unspecified atom stereocenters. The van der Waals surface area contributed by atoms with E-state index in [1.165, 1.54) is 10.5 Å². The Balaban J connectivity index is 1.61. The zero-order valence-electron chi connectivity index (χ0n) is 14.2. The van der Waals surface area contributed by atoms with Gasteiger partial charge in [0.15, 0.2) is 0 Å². The van der Waals surface area contributed by atoms with Gasteiger partial charge in [-0.2, -0.15) is 0 Å². The van der Waals surface area contributed by atoms with Crippen LogP contribution in [0.25, 0.3) is 0 Å². The summed E-state index contributed by atoms with van der Waals surface area (Å²) in [5.74, 6) is -0.349. The van der Waals surface area contributed by atoms with Gasteiger partial charge in [0.2, 0.25) is 5.91 Å². The summed E-state index contributed by atoms with van der Waals surface area (Å²) in [6, 6.07) is 14.7. The lowest BCUT2D eigenvalue weighted by atomic mass is 10.1. The maximum absolute atomic E-state index is 12.6. The number of imide groups is 1. The van der Waals surface area contributed by atoms with E-state index in [9.17, 15) is 9.59 Å². The zero-order valence-corrected chi connectivity index (χ0v) is 14.9. The van der Waals surface area contributed by atoms with Crippen LogP contribution in [0.5, 0.6) is 0 Å². The number of amides is 2. The van der Waals surface area contributed by atoms with E-state index < -0.39 is 6.04 Å². The predicted octanol–water partition coefficient (Wildman–Crippen LogP) is 3.37. The van der Waals surface area contributed by atoms with Crippen molar-refractivity contribution in [3.05, 3.63) is 64.7 Å². The van der Waals surface area contributed by atoms with Crippen molar-refractivity contribution in [1.29, 1.82) is 0 Å². The maximum atomic E-state index is 12.6. The van der Waals surface area contributed by atoms with Crippen molar-refractivity contribution in [2.45, 2.75) is 32.2 Å². The van der Waals surface area contributed by atoms with Crippen LogP contribution in [-0.4, -0.2) is 24.4 Å². The summed E-state index contributed by atoms with van der Waals surface area (Å²) in [4.78, 5) is 26.2. The Kier molecular flexibility index (Phi) is 5.51. The molecular formula is C20H21ClN2O2. The van der Waals surface area contributed by atoms with Crippen molar-refractivity contribution in [1.82, 2.24) is 5.32 Å². The van der Waals surface area contributed by atoms with Crippen LogP contribution in [0.2, 0.25) is 5.02 Å². The van der Waals surface area contributed by atoms with E-state index in [1.807, 2.05) is 48.5 Å². The van der Waals surface area contributed by atoms with Crippen molar-refractivity contribution in [3.8, 4) is 0 Å². The molecule has 1 saturated heterocycles. The fourth-order valence-corrected chi connectivity index (χ4v) is 3.26. The number of benzene rings is 2. The first kappa shape index (κ1) is 17.6. The number of carbonyl (C=O) groups excluding carboxylic acids is 2. The third kappa shape index (κ3) is 3.91. The summed E-state index contributed by atoms with van der Waals surface area (Å²) in [5.41, 5.74) is 2.85. The summed E-state index contributed by atoms with van der Waals surface area (Å²) < 4.78 is 0. The van der Waals surface area contributed by atoms with Crippen LogP contribution in [0.15, 0.2) is 48.5 Å². The fraction of sp³-hybridized carbons (Fsp3) is 0.300. The lowest BCUT2D eigenvalue weighted by Crippen LogP contribution is -2.39.